The Bertz CT molecular complexity index is 839. The molecule has 2 rings (SSSR count). The van der Waals surface area contributed by atoms with Gasteiger partial charge in [0.1, 0.15) is 12.2 Å². The van der Waals surface area contributed by atoms with E-state index in [0.29, 0.717) is 0 Å². The maximum absolute atomic E-state index is 9.75. The zero-order valence-electron chi connectivity index (χ0n) is 18.9. The van der Waals surface area contributed by atoms with Crippen molar-refractivity contribution in [3.63, 3.8) is 0 Å². The molecule has 0 saturated heterocycles. The molecule has 0 radical (unpaired) electrons. The van der Waals surface area contributed by atoms with Gasteiger partial charge in [0.25, 0.3) is 0 Å². The minimum Gasteiger partial charge on any atom is -0.418 e. The second kappa shape index (κ2) is 13.8. The van der Waals surface area contributed by atoms with Crippen LogP contribution in [0, 0.1) is 0 Å². The Morgan fingerprint density at radius 2 is 1.21 bits per heavy atom. The van der Waals surface area contributed by atoms with E-state index in [2.05, 4.69) is 99.4 Å². The van der Waals surface area contributed by atoms with Gasteiger partial charge >= 0.3 is 14.5 Å². The number of hydrogen-bond acceptors (Lipinski definition) is 0. The van der Waals surface area contributed by atoms with Crippen LogP contribution in [0.1, 0.15) is 19.4 Å². The third kappa shape index (κ3) is 16.6. The third-order valence-electron chi connectivity index (χ3n) is 4.37. The summed E-state index contributed by atoms with van der Waals surface area (Å²) in [7, 11) is -7.53. The highest BCUT2D eigenvalue weighted by Gasteiger charge is 2.21. The lowest BCUT2D eigenvalue weighted by atomic mass is 10.2. The Morgan fingerprint density at radius 3 is 1.61 bits per heavy atom. The van der Waals surface area contributed by atoms with Crippen molar-refractivity contribution in [3.05, 3.63) is 66.2 Å². The van der Waals surface area contributed by atoms with Gasteiger partial charge in [0.05, 0.1) is 20.6 Å². The monoisotopic (exact) mass is 482 g/mol. The smallest absolute Gasteiger partial charge is 0.418 e. The predicted octanol–water partition coefficient (Wildman–Crippen LogP) is 7.32. The molecule has 2 aromatic rings. The average molecular weight is 482 g/mol. The molecule has 0 bridgehead atoms. The van der Waals surface area contributed by atoms with Gasteiger partial charge in [0, 0.05) is 30.3 Å². The Hall–Kier alpha value is -2.62. The number of nitrogens with zero attached hydrogens (tertiary/aromatic N) is 2. The maximum atomic E-state index is 9.75. The average Bonchev–Trinajstić information content (AvgIpc) is 2.70. The molecule has 12 heteroatoms. The van der Waals surface area contributed by atoms with Gasteiger partial charge in [-0.05, 0) is 25.5 Å². The van der Waals surface area contributed by atoms with E-state index in [-0.39, 0.29) is 0 Å². The molecule has 0 spiro atoms. The van der Waals surface area contributed by atoms with E-state index < -0.39 is 14.5 Å². The van der Waals surface area contributed by atoms with Crippen molar-refractivity contribution in [2.75, 3.05) is 27.2 Å². The zero-order chi connectivity index (χ0) is 25.7. The molecule has 0 amide bonds. The largest absolute Gasteiger partial charge is 0.673 e. The van der Waals surface area contributed by atoms with Crippen molar-refractivity contribution in [1.29, 1.82) is 0 Å². The molecular weight excluding hydrogens is 454 g/mol. The Labute approximate surface area is 189 Å². The van der Waals surface area contributed by atoms with Gasteiger partial charge in [-0.25, -0.2) is 0 Å². The molecule has 0 fully saturated rings. The van der Waals surface area contributed by atoms with E-state index in [9.17, 15) is 34.5 Å². The molecule has 0 aliphatic rings. The van der Waals surface area contributed by atoms with Crippen LogP contribution in [0.4, 0.5) is 45.9 Å². The highest BCUT2D eigenvalue weighted by molar-refractivity contribution is 6.50. The molecule has 0 saturated carbocycles. The van der Waals surface area contributed by atoms with Crippen LogP contribution >= 0.6 is 0 Å². The third-order valence-corrected chi connectivity index (χ3v) is 4.37. The fourth-order valence-electron chi connectivity index (χ4n) is 2.43. The summed E-state index contributed by atoms with van der Waals surface area (Å²) in [5.74, 6) is 0. The van der Waals surface area contributed by atoms with Gasteiger partial charge in [-0.3, -0.25) is 4.48 Å². The summed E-state index contributed by atoms with van der Waals surface area (Å²) in [6, 6.07) is 19.3. The molecule has 0 aromatic heterocycles. The van der Waals surface area contributed by atoms with Crippen molar-refractivity contribution in [1.82, 2.24) is 4.48 Å². The van der Waals surface area contributed by atoms with Crippen molar-refractivity contribution >= 4 is 38.2 Å². The molecule has 2 aromatic carbocycles. The van der Waals surface area contributed by atoms with E-state index in [1.54, 1.807) is 0 Å². The first-order valence-electron chi connectivity index (χ1n) is 10.1. The first-order chi connectivity index (χ1) is 15.1. The molecule has 0 N–H and O–H groups in total. The Morgan fingerprint density at radius 1 is 0.758 bits per heavy atom. The van der Waals surface area contributed by atoms with E-state index in [1.807, 2.05) is 6.07 Å². The molecular formula is C21H28B2F8N2. The van der Waals surface area contributed by atoms with Gasteiger partial charge in [-0.15, -0.1) is 0 Å². The lowest BCUT2D eigenvalue weighted by Crippen LogP contribution is -2.39. The van der Waals surface area contributed by atoms with E-state index in [4.69, 9.17) is 0 Å². The number of rotatable bonds is 6. The quantitative estimate of drug-likeness (QED) is 0.134. The van der Waals surface area contributed by atoms with Crippen molar-refractivity contribution in [2.45, 2.75) is 13.8 Å². The molecule has 0 aliphatic carbocycles. The minimum atomic E-state index is -6.00. The SMILES string of the molecule is CC[N+](=CC=Cc1ccccc1)c1ccc([N+](C)(C)CC)cc1.F[B-](F)(F)F.F[B-](F)(F)F. The number of halogens is 8. The molecule has 2 nitrogen and oxygen atoms in total. The number of allylic oxidation sites excluding steroid dienone is 1. The summed E-state index contributed by atoms with van der Waals surface area (Å²) in [5, 5.41) is 0. The van der Waals surface area contributed by atoms with Crippen molar-refractivity contribution in [3.8, 4) is 0 Å². The second-order valence-electron chi connectivity index (χ2n) is 7.21. The van der Waals surface area contributed by atoms with Gasteiger partial charge in [0.2, 0.25) is 5.69 Å². The first kappa shape index (κ1) is 30.4. The molecule has 0 aliphatic heterocycles. The van der Waals surface area contributed by atoms with Crippen LogP contribution in [0.2, 0.25) is 0 Å². The summed E-state index contributed by atoms with van der Waals surface area (Å²) >= 11 is 0. The van der Waals surface area contributed by atoms with Crippen molar-refractivity contribution < 1.29 is 39.1 Å². The highest BCUT2D eigenvalue weighted by atomic mass is 19.5. The van der Waals surface area contributed by atoms with Gasteiger partial charge in [0.15, 0.2) is 6.21 Å². The number of quaternary nitrogens is 1. The van der Waals surface area contributed by atoms with E-state index in [0.717, 1.165) is 17.6 Å². The Kier molecular flexibility index (Phi) is 12.7. The van der Waals surface area contributed by atoms with Crippen LogP contribution < -0.4 is 4.48 Å². The normalized spacial score (nSPS) is 12.5. The molecule has 184 valence electrons. The minimum absolute atomic E-state index is 0.907. The molecule has 0 unspecified atom stereocenters. The summed E-state index contributed by atoms with van der Waals surface area (Å²) in [6.45, 7) is 6.43. The standard InChI is InChI=1S/C21H28N2.2BF4/c1-5-22(18-10-13-19-11-8-7-9-12-19)20-14-16-21(17-15-20)23(3,4)6-2;2*2-1(3,4)5/h7-18H,5-6H2,1-4H3;;/q+2;2*-1. The van der Waals surface area contributed by atoms with Crippen LogP contribution in [0.5, 0.6) is 0 Å². The fourth-order valence-corrected chi connectivity index (χ4v) is 2.43. The van der Waals surface area contributed by atoms with Crippen LogP contribution in [-0.4, -0.2) is 52.5 Å². The van der Waals surface area contributed by atoms with Crippen LogP contribution in [0.3, 0.4) is 0 Å². The van der Waals surface area contributed by atoms with Gasteiger partial charge < -0.3 is 34.5 Å². The highest BCUT2D eigenvalue weighted by Crippen LogP contribution is 2.22. The molecule has 33 heavy (non-hydrogen) atoms. The fraction of sp³-hybridized carbons (Fsp3) is 0.286. The maximum Gasteiger partial charge on any atom is 0.673 e. The lowest BCUT2D eigenvalue weighted by molar-refractivity contribution is -0.430. The van der Waals surface area contributed by atoms with Crippen LogP contribution in [0.25, 0.3) is 6.08 Å². The van der Waals surface area contributed by atoms with Crippen molar-refractivity contribution in [2.24, 2.45) is 0 Å². The number of benzene rings is 2. The van der Waals surface area contributed by atoms with Crippen LogP contribution in [0.15, 0.2) is 60.7 Å². The van der Waals surface area contributed by atoms with Gasteiger partial charge in [-0.1, -0.05) is 30.3 Å². The van der Waals surface area contributed by atoms with Crippen LogP contribution in [-0.2, 0) is 0 Å². The molecule has 0 atom stereocenters. The molecule has 0 heterocycles. The van der Waals surface area contributed by atoms with E-state index >= 15 is 0 Å². The predicted molar refractivity (Wildman–Crippen MR) is 123 cm³/mol. The summed E-state index contributed by atoms with van der Waals surface area (Å²) in [6.07, 6.45) is 6.38. The summed E-state index contributed by atoms with van der Waals surface area (Å²) in [4.78, 5) is 0. The second-order valence-corrected chi connectivity index (χ2v) is 7.21. The van der Waals surface area contributed by atoms with Gasteiger partial charge in [-0.2, -0.15) is 4.58 Å². The first-order valence-corrected chi connectivity index (χ1v) is 10.1. The summed E-state index contributed by atoms with van der Waals surface area (Å²) < 4.78 is 81.2. The lowest BCUT2D eigenvalue weighted by Gasteiger charge is -2.27. The topological polar surface area (TPSA) is 3.01 Å². The number of hydrogen-bond donors (Lipinski definition) is 0. The van der Waals surface area contributed by atoms with E-state index in [1.165, 1.54) is 16.9 Å². The summed E-state index contributed by atoms with van der Waals surface area (Å²) in [5.41, 5.74) is 3.79. The Balaban J connectivity index is 0.000000859. The zero-order valence-corrected chi connectivity index (χ0v) is 18.9.